The van der Waals surface area contributed by atoms with Crippen molar-refractivity contribution < 1.29 is 36.2 Å². The quantitative estimate of drug-likeness (QED) is 0.0938. The molecular formula is C39H43F3N2O5S. The van der Waals surface area contributed by atoms with Gasteiger partial charge in [0.05, 0.1) is 39.1 Å². The van der Waals surface area contributed by atoms with Gasteiger partial charge in [0.25, 0.3) is 0 Å². The van der Waals surface area contributed by atoms with Crippen LogP contribution in [0.15, 0.2) is 77.7 Å². The summed E-state index contributed by atoms with van der Waals surface area (Å²) in [4.78, 5) is 18.0. The number of aromatic nitrogens is 2. The van der Waals surface area contributed by atoms with Crippen LogP contribution in [0, 0.1) is 5.92 Å². The predicted molar refractivity (Wildman–Crippen MR) is 190 cm³/mol. The number of benzene rings is 3. The minimum Gasteiger partial charge on any atom is -0.481 e. The molecule has 3 aromatic carbocycles. The van der Waals surface area contributed by atoms with Gasteiger partial charge in [-0.15, -0.1) is 0 Å². The topological polar surface area (TPSA) is 112 Å². The largest absolute Gasteiger partial charge is 0.481 e. The third-order valence-corrected chi connectivity index (χ3v) is 12.2. The third kappa shape index (κ3) is 7.63. The van der Waals surface area contributed by atoms with Gasteiger partial charge in [-0.3, -0.25) is 4.79 Å². The summed E-state index contributed by atoms with van der Waals surface area (Å²) in [6.45, 7) is 2.45. The molecule has 0 radical (unpaired) electrons. The van der Waals surface area contributed by atoms with E-state index in [0.717, 1.165) is 53.7 Å². The van der Waals surface area contributed by atoms with Crippen LogP contribution in [-0.2, 0) is 25.5 Å². The zero-order chi connectivity index (χ0) is 35.5. The number of H-pyrrole nitrogens is 2. The van der Waals surface area contributed by atoms with Crippen molar-refractivity contribution in [1.29, 1.82) is 0 Å². The summed E-state index contributed by atoms with van der Waals surface area (Å²) < 4.78 is 77.6. The van der Waals surface area contributed by atoms with Crippen molar-refractivity contribution in [2.45, 2.75) is 93.6 Å². The number of nitrogens with one attached hydrogen (secondary N) is 2. The van der Waals surface area contributed by atoms with Gasteiger partial charge in [0, 0.05) is 28.4 Å². The molecule has 0 amide bonds. The van der Waals surface area contributed by atoms with Gasteiger partial charge in [0.2, 0.25) is 0 Å². The average Bonchev–Trinajstić information content (AvgIpc) is 3.84. The van der Waals surface area contributed by atoms with E-state index in [9.17, 15) is 31.5 Å². The van der Waals surface area contributed by atoms with Crippen LogP contribution in [0.3, 0.4) is 0 Å². The van der Waals surface area contributed by atoms with Gasteiger partial charge in [-0.25, -0.2) is 8.42 Å². The molecule has 11 heteroatoms. The Morgan fingerprint density at radius 2 is 1.52 bits per heavy atom. The van der Waals surface area contributed by atoms with Gasteiger partial charge in [-0.1, -0.05) is 88.3 Å². The van der Waals surface area contributed by atoms with E-state index in [1.54, 1.807) is 12.1 Å². The van der Waals surface area contributed by atoms with Crippen molar-refractivity contribution in [3.63, 3.8) is 0 Å². The lowest BCUT2D eigenvalue weighted by Gasteiger charge is -2.19. The second kappa shape index (κ2) is 15.0. The zero-order valence-corrected chi connectivity index (χ0v) is 28.9. The number of aliphatic carboxylic acids is 1. The number of unbranched alkanes of at least 4 members (excludes halogenated alkanes) is 7. The number of rotatable bonds is 15. The Morgan fingerprint density at radius 1 is 0.840 bits per heavy atom. The highest BCUT2D eigenvalue weighted by molar-refractivity contribution is 7.92. The van der Waals surface area contributed by atoms with Gasteiger partial charge >= 0.3 is 12.1 Å². The van der Waals surface area contributed by atoms with Crippen molar-refractivity contribution in [2.24, 2.45) is 5.92 Å². The number of carboxylic acid groups (broad SMARTS) is 1. The maximum atomic E-state index is 14.6. The Bertz CT molecular complexity index is 2030. The second-order valence-corrected chi connectivity index (χ2v) is 15.6. The number of hydrogen-bond donors (Lipinski definition) is 3. The molecule has 7 nitrogen and oxygen atoms in total. The van der Waals surface area contributed by atoms with Crippen LogP contribution in [-0.4, -0.2) is 47.4 Å². The molecule has 2 aromatic heterocycles. The molecule has 1 aliphatic rings. The molecule has 266 valence electrons. The molecule has 6 rings (SSSR count). The van der Waals surface area contributed by atoms with Crippen LogP contribution in [0.1, 0.15) is 76.7 Å². The van der Waals surface area contributed by atoms with Gasteiger partial charge < -0.3 is 19.8 Å². The van der Waals surface area contributed by atoms with Crippen LogP contribution in [0.5, 0.6) is 0 Å². The molecule has 0 bridgehead atoms. The van der Waals surface area contributed by atoms with Crippen molar-refractivity contribution in [3.05, 3.63) is 78.4 Å². The second-order valence-electron chi connectivity index (χ2n) is 13.4. The molecule has 2 heterocycles. The third-order valence-electron chi connectivity index (χ3n) is 9.93. The van der Waals surface area contributed by atoms with Crippen LogP contribution < -0.4 is 0 Å². The number of halogens is 3. The van der Waals surface area contributed by atoms with Gasteiger partial charge in [-0.2, -0.15) is 13.2 Å². The molecule has 1 saturated carbocycles. The molecule has 3 N–H and O–H groups in total. The average molecular weight is 709 g/mol. The summed E-state index contributed by atoms with van der Waals surface area (Å²) in [5.74, 6) is -2.32. The summed E-state index contributed by atoms with van der Waals surface area (Å²) in [7, 11) is -4.56. The number of para-hydroxylation sites is 1. The Kier molecular flexibility index (Phi) is 10.7. The summed E-state index contributed by atoms with van der Waals surface area (Å²) >= 11 is 0. The zero-order valence-electron chi connectivity index (χ0n) is 28.1. The first-order valence-electron chi connectivity index (χ1n) is 17.5. The summed E-state index contributed by atoms with van der Waals surface area (Å²) in [5, 5.41) is 10.3. The molecule has 5 aromatic rings. The van der Waals surface area contributed by atoms with Gasteiger partial charge in [0.1, 0.15) is 0 Å². The van der Waals surface area contributed by atoms with E-state index in [4.69, 9.17) is 4.74 Å². The van der Waals surface area contributed by atoms with E-state index in [1.165, 1.54) is 31.7 Å². The minimum atomic E-state index is -4.97. The molecule has 3 atom stereocenters. The fourth-order valence-electron chi connectivity index (χ4n) is 7.24. The van der Waals surface area contributed by atoms with Crippen molar-refractivity contribution >= 4 is 37.6 Å². The number of carbonyl (C=O) groups is 1. The van der Waals surface area contributed by atoms with Crippen LogP contribution in [0.4, 0.5) is 13.2 Å². The Labute approximate surface area is 290 Å². The van der Waals surface area contributed by atoms with E-state index < -0.39 is 49.7 Å². The van der Waals surface area contributed by atoms with E-state index in [1.807, 2.05) is 42.5 Å². The first-order chi connectivity index (χ1) is 24.0. The molecule has 1 aliphatic carbocycles. The number of aromatic amines is 2. The molecule has 0 unspecified atom stereocenters. The Morgan fingerprint density at radius 3 is 2.24 bits per heavy atom. The lowest BCUT2D eigenvalue weighted by Crippen LogP contribution is -2.25. The highest BCUT2D eigenvalue weighted by atomic mass is 32.2. The first kappa shape index (κ1) is 35.7. The summed E-state index contributed by atoms with van der Waals surface area (Å²) in [6.07, 6.45) is 2.23. The SMILES string of the molecule is CCCCCCCCCCO[C@@H]1C[C@H](S(=O)(=O)c2ccc(-c3cccc4[nH]c(-c5cc6ccccc6[nH]5)cc34)cc2C(F)(F)F)C[C@H]1C(=O)O. The highest BCUT2D eigenvalue weighted by Gasteiger charge is 2.48. The van der Waals surface area contributed by atoms with Crippen molar-refractivity contribution in [2.75, 3.05) is 6.61 Å². The number of hydrogen-bond acceptors (Lipinski definition) is 4. The van der Waals surface area contributed by atoms with Crippen LogP contribution >= 0.6 is 0 Å². The van der Waals surface area contributed by atoms with Crippen molar-refractivity contribution in [3.8, 4) is 22.5 Å². The fourth-order valence-corrected chi connectivity index (χ4v) is 9.24. The highest BCUT2D eigenvalue weighted by Crippen LogP contribution is 2.43. The number of sulfone groups is 1. The number of alkyl halides is 3. The summed E-state index contributed by atoms with van der Waals surface area (Å²) in [5.41, 5.74) is 2.70. The van der Waals surface area contributed by atoms with E-state index in [-0.39, 0.29) is 25.0 Å². The monoisotopic (exact) mass is 708 g/mol. The normalized spacial score (nSPS) is 18.4. The standard InChI is InChI=1S/C39H43F3N2O5S/c1-2-3-4-5-6-7-8-11-19-49-36-23-27(22-30(36)38(45)46)50(47,48)37-18-17-25(20-31(37)39(40,41)42)28-14-12-16-33-29(28)24-35(44-33)34-21-26-13-9-10-15-32(26)43-34/h9-10,12-18,20-21,24,27,30,36,43-44H,2-8,11,19,22-23H2,1H3,(H,45,46)/t27-,30-,36-/m1/s1. The Hall–Kier alpha value is -4.09. The van der Waals surface area contributed by atoms with Gasteiger partial charge in [-0.05, 0) is 66.8 Å². The molecule has 0 aliphatic heterocycles. The molecular weight excluding hydrogens is 665 g/mol. The fraction of sp³-hybridized carbons (Fsp3) is 0.410. The molecule has 0 saturated heterocycles. The van der Waals surface area contributed by atoms with E-state index in [0.29, 0.717) is 22.9 Å². The maximum absolute atomic E-state index is 14.6. The van der Waals surface area contributed by atoms with Crippen molar-refractivity contribution in [1.82, 2.24) is 9.97 Å². The number of carboxylic acids is 1. The number of ether oxygens (including phenoxy) is 1. The van der Waals surface area contributed by atoms with Gasteiger partial charge in [0.15, 0.2) is 9.84 Å². The van der Waals surface area contributed by atoms with Crippen LogP contribution in [0.2, 0.25) is 0 Å². The molecule has 50 heavy (non-hydrogen) atoms. The number of fused-ring (bicyclic) bond motifs is 2. The Balaban J connectivity index is 1.22. The van der Waals surface area contributed by atoms with E-state index in [2.05, 4.69) is 16.9 Å². The predicted octanol–water partition coefficient (Wildman–Crippen LogP) is 10.2. The van der Waals surface area contributed by atoms with Crippen LogP contribution in [0.25, 0.3) is 44.3 Å². The lowest BCUT2D eigenvalue weighted by atomic mass is 9.99. The smallest absolute Gasteiger partial charge is 0.417 e. The lowest BCUT2D eigenvalue weighted by molar-refractivity contribution is -0.146. The summed E-state index contributed by atoms with van der Waals surface area (Å²) in [6, 6.07) is 20.2. The maximum Gasteiger partial charge on any atom is 0.417 e. The molecule has 1 fully saturated rings. The van der Waals surface area contributed by atoms with E-state index >= 15 is 0 Å². The minimum absolute atomic E-state index is 0.172. The molecule has 0 spiro atoms. The first-order valence-corrected chi connectivity index (χ1v) is 19.0.